The number of anilines is 1. The van der Waals surface area contributed by atoms with E-state index in [9.17, 15) is 13.2 Å². The molecule has 0 aliphatic heterocycles. The Balaban J connectivity index is 0.000000246. The molecule has 0 atom stereocenters. The number of rotatable bonds is 2. The van der Waals surface area contributed by atoms with Gasteiger partial charge in [0.25, 0.3) is 0 Å². The van der Waals surface area contributed by atoms with Crippen LogP contribution in [-0.4, -0.2) is 29.3 Å². The highest BCUT2D eigenvalue weighted by molar-refractivity contribution is 5.73. The summed E-state index contributed by atoms with van der Waals surface area (Å²) in [4.78, 5) is 12.8. The van der Waals surface area contributed by atoms with Crippen molar-refractivity contribution in [2.75, 3.05) is 12.4 Å². The number of aromatic nitrogens is 1. The lowest BCUT2D eigenvalue weighted by Gasteiger charge is -1.99. The summed E-state index contributed by atoms with van der Waals surface area (Å²) in [5.41, 5.74) is 2.12. The average molecular weight is 288 g/mol. The van der Waals surface area contributed by atoms with E-state index in [1.807, 2.05) is 31.3 Å². The van der Waals surface area contributed by atoms with Crippen molar-refractivity contribution in [2.45, 2.75) is 6.18 Å². The minimum Gasteiger partial charge on any atom is -0.475 e. The van der Waals surface area contributed by atoms with Gasteiger partial charge in [-0.15, -0.1) is 0 Å². The molecule has 2 aromatic rings. The number of carbonyl (C=O) groups is 1. The lowest BCUT2D eigenvalue weighted by Crippen LogP contribution is -2.21. The summed E-state index contributed by atoms with van der Waals surface area (Å²) in [6.07, 6.45) is -1.95. The Bertz CT molecular complexity index is 536. The van der Waals surface area contributed by atoms with Crippen LogP contribution in [0.3, 0.4) is 0 Å². The van der Waals surface area contributed by atoms with E-state index in [0.29, 0.717) is 0 Å². The maximum absolute atomic E-state index is 10.6. The van der Waals surface area contributed by atoms with E-state index in [4.69, 9.17) is 14.3 Å². The Morgan fingerprint density at radius 1 is 1.30 bits per heavy atom. The molecule has 8 heteroatoms. The van der Waals surface area contributed by atoms with Gasteiger partial charge in [-0.3, -0.25) is 0 Å². The number of nitrogens with one attached hydrogen (secondary N) is 1. The smallest absolute Gasteiger partial charge is 0.475 e. The Morgan fingerprint density at radius 2 is 1.85 bits per heavy atom. The SMILES string of the molecule is CNc1ccc(-c2cnco2)cc1.O=C(O)C(F)(F)F. The Kier molecular flexibility index (Phi) is 5.13. The maximum atomic E-state index is 10.6. The van der Waals surface area contributed by atoms with Gasteiger partial charge in [0.1, 0.15) is 0 Å². The van der Waals surface area contributed by atoms with Crippen molar-refractivity contribution in [3.05, 3.63) is 36.9 Å². The molecule has 0 saturated carbocycles. The zero-order chi connectivity index (χ0) is 15.2. The molecule has 0 unspecified atom stereocenters. The number of benzene rings is 1. The molecule has 0 fully saturated rings. The molecule has 2 N–H and O–H groups in total. The number of carboxylic acids is 1. The van der Waals surface area contributed by atoms with Crippen molar-refractivity contribution in [3.8, 4) is 11.3 Å². The topological polar surface area (TPSA) is 75.4 Å². The fraction of sp³-hybridized carbons (Fsp3) is 0.167. The zero-order valence-corrected chi connectivity index (χ0v) is 10.3. The normalized spacial score (nSPS) is 10.4. The average Bonchev–Trinajstić information content (AvgIpc) is 2.92. The van der Waals surface area contributed by atoms with Crippen LogP contribution in [-0.2, 0) is 4.79 Å². The number of nitrogens with zero attached hydrogens (tertiary/aromatic N) is 1. The molecule has 2 rings (SSSR count). The van der Waals surface area contributed by atoms with E-state index >= 15 is 0 Å². The van der Waals surface area contributed by atoms with Crippen molar-refractivity contribution < 1.29 is 27.5 Å². The molecule has 0 aliphatic carbocycles. The van der Waals surface area contributed by atoms with E-state index in [-0.39, 0.29) is 0 Å². The number of aliphatic carboxylic acids is 1. The van der Waals surface area contributed by atoms with Gasteiger partial charge in [-0.1, -0.05) is 0 Å². The second kappa shape index (κ2) is 6.60. The van der Waals surface area contributed by atoms with Gasteiger partial charge in [-0.25, -0.2) is 9.78 Å². The number of alkyl halides is 3. The van der Waals surface area contributed by atoms with E-state index in [1.165, 1.54) is 6.39 Å². The molecular weight excluding hydrogens is 277 g/mol. The van der Waals surface area contributed by atoms with Gasteiger partial charge in [-0.05, 0) is 24.3 Å². The largest absolute Gasteiger partial charge is 0.490 e. The number of carboxylic acid groups (broad SMARTS) is 1. The second-order valence-corrected chi connectivity index (χ2v) is 3.50. The van der Waals surface area contributed by atoms with E-state index in [1.54, 1.807) is 6.20 Å². The van der Waals surface area contributed by atoms with Crippen LogP contribution >= 0.6 is 0 Å². The molecule has 0 amide bonds. The molecule has 108 valence electrons. The molecule has 0 bridgehead atoms. The molecule has 1 aromatic carbocycles. The fourth-order valence-corrected chi connectivity index (χ4v) is 1.16. The van der Waals surface area contributed by atoms with Crippen molar-refractivity contribution in [2.24, 2.45) is 0 Å². The number of oxazole rings is 1. The van der Waals surface area contributed by atoms with Crippen LogP contribution < -0.4 is 5.32 Å². The first-order valence-electron chi connectivity index (χ1n) is 5.31. The molecule has 1 aromatic heterocycles. The lowest BCUT2D eigenvalue weighted by atomic mass is 10.2. The number of halogens is 3. The van der Waals surface area contributed by atoms with Crippen LogP contribution in [0, 0.1) is 0 Å². The van der Waals surface area contributed by atoms with Gasteiger partial charge >= 0.3 is 12.1 Å². The second-order valence-electron chi connectivity index (χ2n) is 3.50. The van der Waals surface area contributed by atoms with Crippen molar-refractivity contribution in [1.29, 1.82) is 0 Å². The molecule has 0 spiro atoms. The Hall–Kier alpha value is -2.51. The van der Waals surface area contributed by atoms with Crippen LogP contribution in [0.15, 0.2) is 41.3 Å². The van der Waals surface area contributed by atoms with Crippen molar-refractivity contribution in [3.63, 3.8) is 0 Å². The quantitative estimate of drug-likeness (QED) is 0.888. The molecule has 1 heterocycles. The Morgan fingerprint density at radius 3 is 2.20 bits per heavy atom. The highest BCUT2D eigenvalue weighted by atomic mass is 19.4. The van der Waals surface area contributed by atoms with Gasteiger partial charge in [0, 0.05) is 18.3 Å². The zero-order valence-electron chi connectivity index (χ0n) is 10.3. The van der Waals surface area contributed by atoms with Crippen LogP contribution in [0.2, 0.25) is 0 Å². The summed E-state index contributed by atoms with van der Waals surface area (Å²) in [7, 11) is 1.89. The Labute approximate surface area is 112 Å². The first kappa shape index (κ1) is 15.5. The third kappa shape index (κ3) is 4.63. The van der Waals surface area contributed by atoms with Crippen LogP contribution in [0.25, 0.3) is 11.3 Å². The van der Waals surface area contributed by atoms with E-state index in [2.05, 4.69) is 10.3 Å². The summed E-state index contributed by atoms with van der Waals surface area (Å²) in [6.45, 7) is 0. The van der Waals surface area contributed by atoms with Gasteiger partial charge in [0.15, 0.2) is 12.2 Å². The molecule has 0 saturated heterocycles. The third-order valence-electron chi connectivity index (χ3n) is 2.13. The molecule has 0 radical (unpaired) electrons. The predicted molar refractivity (Wildman–Crippen MR) is 65.2 cm³/mol. The summed E-state index contributed by atoms with van der Waals surface area (Å²) >= 11 is 0. The molecule has 20 heavy (non-hydrogen) atoms. The standard InChI is InChI=1S/C10H10N2O.C2HF3O2/c1-11-9-4-2-8(3-5-9)10-6-12-7-13-10;3-2(4,5)1(6)7/h2-7,11H,1H3;(H,6,7). The van der Waals surface area contributed by atoms with Crippen molar-refractivity contribution in [1.82, 2.24) is 4.98 Å². The van der Waals surface area contributed by atoms with Gasteiger partial charge in [0.2, 0.25) is 0 Å². The maximum Gasteiger partial charge on any atom is 0.490 e. The molecule has 0 aliphatic rings. The lowest BCUT2D eigenvalue weighted by molar-refractivity contribution is -0.192. The summed E-state index contributed by atoms with van der Waals surface area (Å²) in [6, 6.07) is 7.98. The first-order valence-corrected chi connectivity index (χ1v) is 5.31. The monoisotopic (exact) mass is 288 g/mol. The molecular formula is C12H11F3N2O3. The third-order valence-corrected chi connectivity index (χ3v) is 2.13. The molecule has 5 nitrogen and oxygen atoms in total. The van der Waals surface area contributed by atoms with Crippen LogP contribution in [0.4, 0.5) is 18.9 Å². The summed E-state index contributed by atoms with van der Waals surface area (Å²) in [5.74, 6) is -1.96. The summed E-state index contributed by atoms with van der Waals surface area (Å²) < 4.78 is 36.9. The van der Waals surface area contributed by atoms with E-state index < -0.39 is 12.1 Å². The number of hydrogen-bond acceptors (Lipinski definition) is 4. The van der Waals surface area contributed by atoms with Gasteiger partial charge in [-0.2, -0.15) is 13.2 Å². The number of hydrogen-bond donors (Lipinski definition) is 2. The minimum absolute atomic E-state index is 0.794. The van der Waals surface area contributed by atoms with Gasteiger partial charge in [0.05, 0.1) is 6.20 Å². The van der Waals surface area contributed by atoms with Crippen LogP contribution in [0.5, 0.6) is 0 Å². The van der Waals surface area contributed by atoms with Crippen LogP contribution in [0.1, 0.15) is 0 Å². The van der Waals surface area contributed by atoms with E-state index in [0.717, 1.165) is 17.0 Å². The van der Waals surface area contributed by atoms with Crippen molar-refractivity contribution >= 4 is 11.7 Å². The van der Waals surface area contributed by atoms with Gasteiger partial charge < -0.3 is 14.8 Å². The minimum atomic E-state index is -5.08. The highest BCUT2D eigenvalue weighted by Crippen LogP contribution is 2.20. The predicted octanol–water partition coefficient (Wildman–Crippen LogP) is 3.02. The fourth-order valence-electron chi connectivity index (χ4n) is 1.16. The first-order chi connectivity index (χ1) is 9.34. The summed E-state index contributed by atoms with van der Waals surface area (Å²) in [5, 5.41) is 10.2. The highest BCUT2D eigenvalue weighted by Gasteiger charge is 2.38.